The molecule has 3 aromatic rings. The average Bonchev–Trinajstić information content (AvgIpc) is 2.68. The first-order valence-electron chi connectivity index (χ1n) is 8.68. The van der Waals surface area contributed by atoms with E-state index in [1.165, 1.54) is 0 Å². The lowest BCUT2D eigenvalue weighted by atomic mass is 10.00. The Morgan fingerprint density at radius 2 is 1.92 bits per heavy atom. The van der Waals surface area contributed by atoms with Gasteiger partial charge in [0.2, 0.25) is 0 Å². The largest absolute Gasteiger partial charge is 0.378 e. The van der Waals surface area contributed by atoms with Crippen LogP contribution < -0.4 is 10.5 Å². The van der Waals surface area contributed by atoms with Crippen LogP contribution in [-0.2, 0) is 11.4 Å². The number of morpholine rings is 1. The zero-order valence-electron chi connectivity index (χ0n) is 14.6. The molecule has 26 heavy (non-hydrogen) atoms. The number of aryl methyl sites for hydroxylation is 1. The van der Waals surface area contributed by atoms with E-state index in [0.29, 0.717) is 43.3 Å². The predicted molar refractivity (Wildman–Crippen MR) is 99.5 cm³/mol. The number of hydrogen-bond donors (Lipinski definition) is 0. The molecule has 1 aromatic carbocycles. The van der Waals surface area contributed by atoms with Gasteiger partial charge in [0.25, 0.3) is 5.56 Å². The highest BCUT2D eigenvalue weighted by molar-refractivity contribution is 5.80. The zero-order chi connectivity index (χ0) is 18.1. The Kier molecular flexibility index (Phi) is 4.42. The number of halogens is 1. The summed E-state index contributed by atoms with van der Waals surface area (Å²) in [5.41, 5.74) is 3.45. The Labute approximate surface area is 150 Å². The van der Waals surface area contributed by atoms with E-state index in [9.17, 15) is 9.18 Å². The molecule has 5 nitrogen and oxygen atoms in total. The molecule has 0 amide bonds. The van der Waals surface area contributed by atoms with Crippen LogP contribution in [0.4, 0.5) is 10.2 Å². The molecule has 4 rings (SSSR count). The lowest BCUT2D eigenvalue weighted by Crippen LogP contribution is -2.37. The fourth-order valence-electron chi connectivity index (χ4n) is 3.38. The molecule has 1 fully saturated rings. The second-order valence-corrected chi connectivity index (χ2v) is 6.47. The standard InChI is InChI=1S/C20H20FN3O2/c1-14-10-17(16-5-3-2-4-15(16)12-21)20-22-18(11-19(25)24(20)13-14)23-6-8-26-9-7-23/h2-5,10-11,13H,6-9,12H2,1H3. The number of aromatic nitrogens is 2. The van der Waals surface area contributed by atoms with E-state index in [-0.39, 0.29) is 5.56 Å². The molecule has 0 unspecified atom stereocenters. The minimum Gasteiger partial charge on any atom is -0.378 e. The number of hydrogen-bond acceptors (Lipinski definition) is 4. The van der Waals surface area contributed by atoms with Crippen molar-refractivity contribution in [2.24, 2.45) is 0 Å². The summed E-state index contributed by atoms with van der Waals surface area (Å²) in [6.45, 7) is 3.99. The summed E-state index contributed by atoms with van der Waals surface area (Å²) < 4.78 is 20.4. The van der Waals surface area contributed by atoms with Gasteiger partial charge in [-0.1, -0.05) is 24.3 Å². The van der Waals surface area contributed by atoms with Crippen LogP contribution in [0, 0.1) is 6.92 Å². The van der Waals surface area contributed by atoms with Crippen molar-refractivity contribution in [3.63, 3.8) is 0 Å². The first-order chi connectivity index (χ1) is 12.7. The minimum absolute atomic E-state index is 0.140. The van der Waals surface area contributed by atoms with E-state index in [4.69, 9.17) is 9.72 Å². The normalized spacial score (nSPS) is 14.8. The van der Waals surface area contributed by atoms with Crippen LogP contribution in [0.25, 0.3) is 16.8 Å². The van der Waals surface area contributed by atoms with Crippen LogP contribution >= 0.6 is 0 Å². The lowest BCUT2D eigenvalue weighted by molar-refractivity contribution is 0.122. The van der Waals surface area contributed by atoms with Crippen molar-refractivity contribution < 1.29 is 9.13 Å². The van der Waals surface area contributed by atoms with E-state index in [1.54, 1.807) is 22.7 Å². The number of anilines is 1. The quantitative estimate of drug-likeness (QED) is 0.726. The molecule has 0 aliphatic carbocycles. The minimum atomic E-state index is -0.566. The van der Waals surface area contributed by atoms with Crippen molar-refractivity contribution >= 4 is 11.5 Å². The molecule has 134 valence electrons. The lowest BCUT2D eigenvalue weighted by Gasteiger charge is -2.28. The number of fused-ring (bicyclic) bond motifs is 1. The van der Waals surface area contributed by atoms with Crippen molar-refractivity contribution in [2.45, 2.75) is 13.6 Å². The van der Waals surface area contributed by atoms with Gasteiger partial charge in [0.05, 0.1) is 13.2 Å². The summed E-state index contributed by atoms with van der Waals surface area (Å²) >= 11 is 0. The van der Waals surface area contributed by atoms with Crippen LogP contribution in [0.1, 0.15) is 11.1 Å². The Morgan fingerprint density at radius 3 is 2.69 bits per heavy atom. The van der Waals surface area contributed by atoms with Crippen LogP contribution in [0.2, 0.25) is 0 Å². The number of rotatable bonds is 3. The molecule has 3 heterocycles. The molecule has 1 saturated heterocycles. The van der Waals surface area contributed by atoms with Gasteiger partial charge in [0.15, 0.2) is 0 Å². The van der Waals surface area contributed by atoms with Gasteiger partial charge < -0.3 is 9.64 Å². The molecule has 1 aliphatic rings. The maximum atomic E-state index is 13.5. The molecule has 1 aliphatic heterocycles. The van der Waals surface area contributed by atoms with Gasteiger partial charge in [-0.2, -0.15) is 0 Å². The molecule has 0 spiro atoms. The molecule has 0 N–H and O–H groups in total. The van der Waals surface area contributed by atoms with E-state index in [1.807, 2.05) is 31.2 Å². The third kappa shape index (κ3) is 2.97. The SMILES string of the molecule is Cc1cc(-c2ccccc2CF)c2nc(N3CCOCC3)cc(=O)n2c1. The monoisotopic (exact) mass is 353 g/mol. The summed E-state index contributed by atoms with van der Waals surface area (Å²) in [5, 5.41) is 0. The Bertz CT molecular complexity index is 1010. The zero-order valence-corrected chi connectivity index (χ0v) is 14.6. The van der Waals surface area contributed by atoms with Crippen molar-refractivity contribution in [1.29, 1.82) is 0 Å². The Balaban J connectivity index is 1.97. The number of ether oxygens (including phenoxy) is 1. The highest BCUT2D eigenvalue weighted by Gasteiger charge is 2.17. The third-order valence-corrected chi connectivity index (χ3v) is 4.67. The fourth-order valence-corrected chi connectivity index (χ4v) is 3.38. The first kappa shape index (κ1) is 16.7. The number of alkyl halides is 1. The summed E-state index contributed by atoms with van der Waals surface area (Å²) in [6.07, 6.45) is 1.77. The fraction of sp³-hybridized carbons (Fsp3) is 0.300. The summed E-state index contributed by atoms with van der Waals surface area (Å²) in [4.78, 5) is 19.5. The van der Waals surface area contributed by atoms with Gasteiger partial charge in [-0.05, 0) is 29.7 Å². The Hall–Kier alpha value is -2.73. The second kappa shape index (κ2) is 6.88. The van der Waals surface area contributed by atoms with Crippen LogP contribution in [0.5, 0.6) is 0 Å². The van der Waals surface area contributed by atoms with Gasteiger partial charge in [0, 0.05) is 30.9 Å². The predicted octanol–water partition coefficient (Wildman–Crippen LogP) is 2.98. The van der Waals surface area contributed by atoms with Crippen LogP contribution in [0.15, 0.2) is 47.4 Å². The summed E-state index contributed by atoms with van der Waals surface area (Å²) in [7, 11) is 0. The third-order valence-electron chi connectivity index (χ3n) is 4.67. The molecular weight excluding hydrogens is 333 g/mol. The van der Waals surface area contributed by atoms with Crippen molar-refractivity contribution in [3.05, 3.63) is 64.1 Å². The van der Waals surface area contributed by atoms with Gasteiger partial charge in [-0.25, -0.2) is 9.37 Å². The van der Waals surface area contributed by atoms with E-state index >= 15 is 0 Å². The molecule has 6 heteroatoms. The molecule has 0 atom stereocenters. The summed E-state index contributed by atoms with van der Waals surface area (Å²) in [6, 6.07) is 10.8. The maximum absolute atomic E-state index is 13.5. The van der Waals surface area contributed by atoms with Gasteiger partial charge in [-0.15, -0.1) is 0 Å². The molecule has 0 saturated carbocycles. The van der Waals surface area contributed by atoms with Crippen molar-refractivity contribution in [1.82, 2.24) is 9.38 Å². The smallest absolute Gasteiger partial charge is 0.259 e. The van der Waals surface area contributed by atoms with E-state index < -0.39 is 6.67 Å². The van der Waals surface area contributed by atoms with Crippen LogP contribution in [-0.4, -0.2) is 35.7 Å². The topological polar surface area (TPSA) is 46.8 Å². The second-order valence-electron chi connectivity index (χ2n) is 6.47. The number of pyridine rings is 1. The molecular formula is C20H20FN3O2. The average molecular weight is 353 g/mol. The highest BCUT2D eigenvalue weighted by Crippen LogP contribution is 2.29. The van der Waals surface area contributed by atoms with Gasteiger partial charge >= 0.3 is 0 Å². The maximum Gasteiger partial charge on any atom is 0.259 e. The molecule has 0 radical (unpaired) electrons. The molecule has 2 aromatic heterocycles. The highest BCUT2D eigenvalue weighted by atomic mass is 19.1. The van der Waals surface area contributed by atoms with E-state index in [2.05, 4.69) is 4.90 Å². The van der Waals surface area contributed by atoms with E-state index in [0.717, 1.165) is 16.7 Å². The van der Waals surface area contributed by atoms with Crippen molar-refractivity contribution in [2.75, 3.05) is 31.2 Å². The van der Waals surface area contributed by atoms with Gasteiger partial charge in [-0.3, -0.25) is 9.20 Å². The number of nitrogens with zero attached hydrogens (tertiary/aromatic N) is 3. The molecule has 0 bridgehead atoms. The van der Waals surface area contributed by atoms with Gasteiger partial charge in [0.1, 0.15) is 18.1 Å². The Morgan fingerprint density at radius 1 is 1.15 bits per heavy atom. The van der Waals surface area contributed by atoms with Crippen molar-refractivity contribution in [3.8, 4) is 11.1 Å². The number of benzene rings is 1. The first-order valence-corrected chi connectivity index (χ1v) is 8.68. The summed E-state index contributed by atoms with van der Waals surface area (Å²) in [5.74, 6) is 0.640. The van der Waals surface area contributed by atoms with Crippen LogP contribution in [0.3, 0.4) is 0 Å².